The molecule has 2 amide bonds. The van der Waals surface area contributed by atoms with Crippen molar-refractivity contribution in [1.29, 1.82) is 0 Å². The van der Waals surface area contributed by atoms with Gasteiger partial charge >= 0.3 is 12.2 Å². The Balaban J connectivity index is -0.000000155. The van der Waals surface area contributed by atoms with E-state index in [1.165, 1.54) is 0 Å². The van der Waals surface area contributed by atoms with Crippen molar-refractivity contribution in [2.24, 2.45) is 11.5 Å². The van der Waals surface area contributed by atoms with Crippen LogP contribution in [-0.4, -0.2) is 59.0 Å². The Labute approximate surface area is 85.9 Å². The fourth-order valence-corrected chi connectivity index (χ4v) is 0.231. The normalized spacial score (nSPS) is 7.60. The van der Waals surface area contributed by atoms with Crippen LogP contribution in [0, 0.1) is 0 Å². The molecule has 0 unspecified atom stereocenters. The summed E-state index contributed by atoms with van der Waals surface area (Å²) in [6.45, 7) is 0.696. The van der Waals surface area contributed by atoms with Crippen molar-refractivity contribution in [3.63, 3.8) is 0 Å². The van der Waals surface area contributed by atoms with Gasteiger partial charge in [-0.1, -0.05) is 0 Å². The fraction of sp³-hybridized carbons (Fsp3) is 0.667. The van der Waals surface area contributed by atoms with E-state index in [2.05, 4.69) is 16.2 Å². The van der Waals surface area contributed by atoms with Gasteiger partial charge in [0.05, 0.1) is 26.4 Å². The monoisotopic (exact) mass is 228 g/mol. The van der Waals surface area contributed by atoms with Crippen LogP contribution in [0.25, 0.3) is 0 Å². The molecule has 0 atom stereocenters. The van der Waals surface area contributed by atoms with E-state index < -0.39 is 12.2 Å². The molecule has 0 saturated heterocycles. The number of carbonyl (C=O) groups is 2. The molecule has 9 heteroatoms. The Kier molecular flexibility index (Phi) is 23.2. The molecule has 0 aromatic carbocycles. The molecule has 0 heterocycles. The molecule has 0 saturated carbocycles. The van der Waals surface area contributed by atoms with Gasteiger partial charge in [-0.2, -0.15) is 0 Å². The average Bonchev–Trinajstić information content (AvgIpc) is 2.03. The molecule has 0 spiro atoms. The SMILES string of the molecule is NC(=O)O.NC(=O)O.OCCOCCO. The van der Waals surface area contributed by atoms with E-state index in [1.54, 1.807) is 0 Å². The van der Waals surface area contributed by atoms with Crippen molar-refractivity contribution in [2.45, 2.75) is 0 Å². The zero-order valence-corrected chi connectivity index (χ0v) is 8.00. The van der Waals surface area contributed by atoms with Crippen LogP contribution < -0.4 is 11.5 Å². The molecule has 0 aromatic heterocycles. The Bertz CT molecular complexity index is 128. The van der Waals surface area contributed by atoms with E-state index >= 15 is 0 Å². The second-order valence-electron chi connectivity index (χ2n) is 1.74. The van der Waals surface area contributed by atoms with Crippen LogP contribution in [0.3, 0.4) is 0 Å². The van der Waals surface area contributed by atoms with Crippen molar-refractivity contribution in [1.82, 2.24) is 0 Å². The summed E-state index contributed by atoms with van der Waals surface area (Å²) >= 11 is 0. The maximum absolute atomic E-state index is 8.78. The third kappa shape index (κ3) is 230. The zero-order valence-electron chi connectivity index (χ0n) is 8.00. The lowest BCUT2D eigenvalue weighted by Crippen LogP contribution is -2.03. The van der Waals surface area contributed by atoms with E-state index in [-0.39, 0.29) is 13.2 Å². The van der Waals surface area contributed by atoms with Gasteiger partial charge in [0.1, 0.15) is 0 Å². The maximum Gasteiger partial charge on any atom is 0.402 e. The van der Waals surface area contributed by atoms with Crippen molar-refractivity contribution in [2.75, 3.05) is 26.4 Å². The van der Waals surface area contributed by atoms with E-state index in [9.17, 15) is 0 Å². The first-order valence-corrected chi connectivity index (χ1v) is 3.64. The number of carboxylic acid groups (broad SMARTS) is 2. The summed E-state index contributed by atoms with van der Waals surface area (Å²) in [4.78, 5) is 17.6. The van der Waals surface area contributed by atoms with E-state index in [4.69, 9.17) is 30.0 Å². The predicted octanol–water partition coefficient (Wildman–Crippen LogP) is -1.77. The summed E-state index contributed by atoms with van der Waals surface area (Å²) in [6.07, 6.45) is -2.67. The lowest BCUT2D eigenvalue weighted by molar-refractivity contribution is 0.0650. The highest BCUT2D eigenvalue weighted by atomic mass is 16.5. The molecule has 9 nitrogen and oxygen atoms in total. The molecule has 0 aliphatic rings. The van der Waals surface area contributed by atoms with Crippen molar-refractivity contribution >= 4 is 12.2 Å². The predicted molar refractivity (Wildman–Crippen MR) is 49.4 cm³/mol. The molecule has 0 aromatic rings. The van der Waals surface area contributed by atoms with Gasteiger partial charge in [-0.05, 0) is 0 Å². The van der Waals surface area contributed by atoms with Crippen molar-refractivity contribution in [3.05, 3.63) is 0 Å². The van der Waals surface area contributed by atoms with Gasteiger partial charge in [0.2, 0.25) is 0 Å². The molecule has 8 N–H and O–H groups in total. The van der Waals surface area contributed by atoms with Gasteiger partial charge in [-0.15, -0.1) is 0 Å². The Morgan fingerprint density at radius 2 is 1.13 bits per heavy atom. The number of aliphatic hydroxyl groups is 2. The molecule has 0 bridgehead atoms. The summed E-state index contributed by atoms with van der Waals surface area (Å²) in [5.41, 5.74) is 8.06. The number of rotatable bonds is 4. The molecule has 0 rings (SSSR count). The van der Waals surface area contributed by atoms with Gasteiger partial charge in [-0.25, -0.2) is 9.59 Å². The van der Waals surface area contributed by atoms with E-state index in [1.807, 2.05) is 0 Å². The number of ether oxygens (including phenoxy) is 1. The standard InChI is InChI=1S/C4H10O3.2CH3NO2/c5-1-3-7-4-2-6;2*2-1(3)4/h5-6H,1-4H2;2*2H2,(H,3,4). The molecular formula is C6H16N2O7. The minimum atomic E-state index is -1.33. The maximum atomic E-state index is 8.78. The number of aliphatic hydroxyl groups excluding tert-OH is 2. The first-order chi connectivity index (χ1) is 6.88. The second kappa shape index (κ2) is 18.3. The quantitative estimate of drug-likeness (QED) is 0.308. The van der Waals surface area contributed by atoms with Crippen LogP contribution >= 0.6 is 0 Å². The van der Waals surface area contributed by atoms with Crippen molar-refractivity contribution in [3.8, 4) is 0 Å². The largest absolute Gasteiger partial charge is 0.465 e. The van der Waals surface area contributed by atoms with E-state index in [0.717, 1.165) is 0 Å². The minimum absolute atomic E-state index is 0.0278. The van der Waals surface area contributed by atoms with Gasteiger partial charge in [0, 0.05) is 0 Å². The summed E-state index contributed by atoms with van der Waals surface area (Å²) in [7, 11) is 0. The molecule has 15 heavy (non-hydrogen) atoms. The lowest BCUT2D eigenvalue weighted by Gasteiger charge is -1.94. The summed E-state index contributed by atoms with van der Waals surface area (Å²) in [6, 6.07) is 0. The first kappa shape index (κ1) is 19.1. The zero-order chi connectivity index (χ0) is 12.7. The van der Waals surface area contributed by atoms with Gasteiger partial charge in [0.15, 0.2) is 0 Å². The molecule has 92 valence electrons. The topological polar surface area (TPSA) is 176 Å². The smallest absolute Gasteiger partial charge is 0.402 e. The minimum Gasteiger partial charge on any atom is -0.465 e. The molecular weight excluding hydrogens is 212 g/mol. The van der Waals surface area contributed by atoms with Crippen LogP contribution in [0.5, 0.6) is 0 Å². The van der Waals surface area contributed by atoms with Gasteiger partial charge < -0.3 is 36.6 Å². The molecule has 0 aliphatic heterocycles. The highest BCUT2D eigenvalue weighted by Gasteiger charge is 1.79. The molecule has 0 fully saturated rings. The first-order valence-electron chi connectivity index (χ1n) is 3.64. The third-order valence-corrected chi connectivity index (χ3v) is 0.471. The van der Waals surface area contributed by atoms with Crippen molar-refractivity contribution < 1.29 is 34.8 Å². The summed E-state index contributed by atoms with van der Waals surface area (Å²) in [5.74, 6) is 0. The Hall–Kier alpha value is -1.58. The van der Waals surface area contributed by atoms with Crippen LogP contribution in [0.2, 0.25) is 0 Å². The Morgan fingerprint density at radius 1 is 0.933 bits per heavy atom. The molecule has 0 aliphatic carbocycles. The van der Waals surface area contributed by atoms with Gasteiger partial charge in [-0.3, -0.25) is 0 Å². The number of hydrogen-bond acceptors (Lipinski definition) is 5. The van der Waals surface area contributed by atoms with Crippen LogP contribution in [0.4, 0.5) is 9.59 Å². The number of amides is 2. The second-order valence-corrected chi connectivity index (χ2v) is 1.74. The molecule has 0 radical (unpaired) electrons. The summed E-state index contributed by atoms with van der Waals surface area (Å²) in [5, 5.41) is 30.6. The van der Waals surface area contributed by atoms with E-state index in [0.29, 0.717) is 13.2 Å². The highest BCUT2D eigenvalue weighted by Crippen LogP contribution is 1.68. The number of primary amides is 2. The highest BCUT2D eigenvalue weighted by molar-refractivity contribution is 5.61. The fourth-order valence-electron chi connectivity index (χ4n) is 0.231. The number of nitrogens with two attached hydrogens (primary N) is 2. The van der Waals surface area contributed by atoms with Gasteiger partial charge in [0.25, 0.3) is 0 Å². The van der Waals surface area contributed by atoms with Crippen LogP contribution in [-0.2, 0) is 4.74 Å². The Morgan fingerprint density at radius 3 is 1.27 bits per heavy atom. The third-order valence-electron chi connectivity index (χ3n) is 0.471. The van der Waals surface area contributed by atoms with Crippen LogP contribution in [0.15, 0.2) is 0 Å². The lowest BCUT2D eigenvalue weighted by atomic mass is 10.7. The summed E-state index contributed by atoms with van der Waals surface area (Å²) < 4.78 is 4.63. The average molecular weight is 228 g/mol. The number of hydrogen-bond donors (Lipinski definition) is 6. The van der Waals surface area contributed by atoms with Crippen LogP contribution in [0.1, 0.15) is 0 Å².